The number of halogens is 1. The quantitative estimate of drug-likeness (QED) is 0.205. The Balaban J connectivity index is 1.36. The summed E-state index contributed by atoms with van der Waals surface area (Å²) in [7, 11) is 0. The lowest BCUT2D eigenvalue weighted by molar-refractivity contribution is -0.309. The van der Waals surface area contributed by atoms with Crippen molar-refractivity contribution in [1.82, 2.24) is 19.7 Å². The van der Waals surface area contributed by atoms with Crippen molar-refractivity contribution < 1.29 is 19.3 Å². The molecule has 0 bridgehead atoms. The first kappa shape index (κ1) is 24.4. The van der Waals surface area contributed by atoms with Crippen LogP contribution >= 0.6 is 27.3 Å². The smallest absolute Gasteiger partial charge is 0.184 e. The maximum absolute atomic E-state index is 11.4. The summed E-state index contributed by atoms with van der Waals surface area (Å²) in [6.07, 6.45) is -4.12. The van der Waals surface area contributed by atoms with Gasteiger partial charge in [-0.3, -0.25) is 0 Å². The van der Waals surface area contributed by atoms with Gasteiger partial charge in [-0.15, -0.1) is 11.3 Å². The topological polar surface area (TPSA) is 140 Å². The predicted octanol–water partition coefficient (Wildman–Crippen LogP) is 4.85. The van der Waals surface area contributed by atoms with Crippen molar-refractivity contribution >= 4 is 37.5 Å². The minimum atomic E-state index is -1.23. The van der Waals surface area contributed by atoms with E-state index in [1.54, 1.807) is 22.9 Å². The first-order valence-corrected chi connectivity index (χ1v) is 13.2. The summed E-state index contributed by atoms with van der Waals surface area (Å²) in [5, 5.41) is 20.9. The van der Waals surface area contributed by atoms with Crippen LogP contribution in [0.2, 0.25) is 0 Å². The number of ether oxygens (including phenoxy) is 3. The van der Waals surface area contributed by atoms with E-state index in [1.165, 1.54) is 0 Å². The third kappa shape index (κ3) is 4.42. The lowest BCUT2D eigenvalue weighted by atomic mass is 9.91. The number of hydrogen-bond donors (Lipinski definition) is 1. The Morgan fingerprint density at radius 1 is 1.19 bits per heavy atom. The van der Waals surface area contributed by atoms with E-state index in [0.29, 0.717) is 11.6 Å². The van der Waals surface area contributed by atoms with Crippen molar-refractivity contribution in [2.75, 3.05) is 6.61 Å². The lowest BCUT2D eigenvalue weighted by Gasteiger charge is -2.46. The molecule has 0 spiro atoms. The zero-order valence-electron chi connectivity index (χ0n) is 19.8. The summed E-state index contributed by atoms with van der Waals surface area (Å²) in [5.74, 6) is 0.893. The molecule has 0 amide bonds. The number of fused-ring (bicyclic) bond motifs is 2. The van der Waals surface area contributed by atoms with Crippen LogP contribution in [0.25, 0.3) is 26.3 Å². The van der Waals surface area contributed by atoms with Gasteiger partial charge in [0, 0.05) is 14.9 Å². The number of benzene rings is 2. The Hall–Kier alpha value is -2.90. The Kier molecular flexibility index (Phi) is 6.45. The molecule has 0 radical (unpaired) electrons. The molecule has 0 saturated carbocycles. The lowest BCUT2D eigenvalue weighted by Crippen LogP contribution is -2.58. The monoisotopic (exact) mass is 583 g/mol. The van der Waals surface area contributed by atoms with Gasteiger partial charge in [0.25, 0.3) is 0 Å². The number of aromatic nitrogens is 4. The maximum Gasteiger partial charge on any atom is 0.184 e. The molecule has 3 unspecified atom stereocenters. The van der Waals surface area contributed by atoms with E-state index in [4.69, 9.17) is 14.2 Å². The highest BCUT2D eigenvalue weighted by Gasteiger charge is 2.51. The minimum absolute atomic E-state index is 0.190. The second-order valence-corrected chi connectivity index (χ2v) is 11.0. The summed E-state index contributed by atoms with van der Waals surface area (Å²) in [6.45, 7) is 3.91. The normalized spacial score (nSPS) is 27.6. The summed E-state index contributed by atoms with van der Waals surface area (Å²) in [6, 6.07) is 12.4. The fourth-order valence-corrected chi connectivity index (χ4v) is 6.37. The van der Waals surface area contributed by atoms with Crippen LogP contribution in [0.4, 0.5) is 0 Å². The first-order chi connectivity index (χ1) is 17.9. The molecule has 2 aromatic heterocycles. The number of azide groups is 1. The number of hydrogen-bond acceptors (Lipinski definition) is 9. The number of nitrogens with zero attached hydrogens (tertiary/aromatic N) is 7. The van der Waals surface area contributed by atoms with Crippen LogP contribution in [0.1, 0.15) is 34.6 Å². The van der Waals surface area contributed by atoms with E-state index in [-0.39, 0.29) is 6.61 Å². The molecule has 2 aromatic carbocycles. The molecular formula is C24H22BrN7O4S. The van der Waals surface area contributed by atoms with Gasteiger partial charge in [0.05, 0.1) is 39.7 Å². The second-order valence-electron chi connectivity index (χ2n) is 8.89. The molecule has 2 fully saturated rings. The largest absolute Gasteiger partial charge is 0.389 e. The molecule has 2 aliphatic heterocycles. The first-order valence-electron chi connectivity index (χ1n) is 11.6. The fraction of sp³-hybridized carbons (Fsp3) is 0.375. The summed E-state index contributed by atoms with van der Waals surface area (Å²) in [5.41, 5.74) is 11.7. The summed E-state index contributed by atoms with van der Waals surface area (Å²) >= 11 is 5.18. The van der Waals surface area contributed by atoms with E-state index in [9.17, 15) is 10.6 Å². The molecule has 1 N–H and O–H groups in total. The number of aliphatic hydroxyl groups excluding tert-OH is 1. The molecule has 4 heterocycles. The third-order valence-corrected chi connectivity index (χ3v) is 7.93. The van der Waals surface area contributed by atoms with Crippen molar-refractivity contribution in [1.29, 1.82) is 0 Å². The van der Waals surface area contributed by atoms with Crippen molar-refractivity contribution in [3.05, 3.63) is 79.6 Å². The standard InChI is InChI=1S/C24H22BrN7O4S/c1-11-27-23(32(30-11)14-8-15(25)18-17(9-14)37-12(2)28-18)22-20(33)19(29-31-26)21-16(35-22)10-34-24(36-21)13-6-4-3-5-7-13/h3-9,16,19-22,24,33H,10H2,1-2H3/t16?,19-,20?,21+,22-,24?/m1/s1. The Morgan fingerprint density at radius 3 is 2.78 bits per heavy atom. The maximum atomic E-state index is 11.4. The van der Waals surface area contributed by atoms with Gasteiger partial charge >= 0.3 is 0 Å². The van der Waals surface area contributed by atoms with Crippen LogP contribution in [0.15, 0.2) is 52.1 Å². The number of aryl methyl sites for hydroxylation is 2. The van der Waals surface area contributed by atoms with Crippen molar-refractivity contribution in [3.63, 3.8) is 0 Å². The summed E-state index contributed by atoms with van der Waals surface area (Å²) < 4.78 is 21.9. The number of thiazole rings is 1. The number of aliphatic hydroxyl groups is 1. The highest BCUT2D eigenvalue weighted by Crippen LogP contribution is 2.41. The van der Waals surface area contributed by atoms with Gasteiger partial charge in [0.1, 0.15) is 24.1 Å². The molecule has 2 aliphatic rings. The average Bonchev–Trinajstić information content (AvgIpc) is 3.48. The van der Waals surface area contributed by atoms with Crippen molar-refractivity contribution in [3.8, 4) is 5.69 Å². The molecule has 6 atom stereocenters. The van der Waals surface area contributed by atoms with Gasteiger partial charge in [-0.25, -0.2) is 14.6 Å². The molecule has 13 heteroatoms. The third-order valence-electron chi connectivity index (χ3n) is 6.41. The van der Waals surface area contributed by atoms with Crippen LogP contribution in [0.5, 0.6) is 0 Å². The molecule has 11 nitrogen and oxygen atoms in total. The average molecular weight is 584 g/mol. The molecule has 6 rings (SSSR count). The predicted molar refractivity (Wildman–Crippen MR) is 138 cm³/mol. The highest BCUT2D eigenvalue weighted by atomic mass is 79.9. The highest BCUT2D eigenvalue weighted by molar-refractivity contribution is 9.10. The summed E-state index contributed by atoms with van der Waals surface area (Å²) in [4.78, 5) is 12.2. The molecule has 2 saturated heterocycles. The Labute approximate surface area is 223 Å². The van der Waals surface area contributed by atoms with Crippen LogP contribution in [-0.4, -0.2) is 55.8 Å². The number of rotatable bonds is 4. The Bertz CT molecular complexity index is 1510. The van der Waals surface area contributed by atoms with Crippen molar-refractivity contribution in [2.45, 2.75) is 50.6 Å². The van der Waals surface area contributed by atoms with Gasteiger partial charge in [-0.05, 0) is 47.4 Å². The minimum Gasteiger partial charge on any atom is -0.389 e. The molecule has 37 heavy (non-hydrogen) atoms. The van der Waals surface area contributed by atoms with Gasteiger partial charge in [-0.2, -0.15) is 5.10 Å². The molecule has 190 valence electrons. The van der Waals surface area contributed by atoms with E-state index >= 15 is 0 Å². The molecule has 0 aliphatic carbocycles. The second kappa shape index (κ2) is 9.76. The van der Waals surface area contributed by atoms with Gasteiger partial charge in [0.2, 0.25) is 0 Å². The SMILES string of the molecule is Cc1nc([C@@H]2OC3COC(c4ccccc4)O[C@@H]3[C@H](N=[N+]=[N-])C2O)n(-c2cc(Br)c3nc(C)sc3c2)n1. The fourth-order valence-electron chi connectivity index (χ4n) is 4.81. The van der Waals surface area contributed by atoms with E-state index in [1.807, 2.05) is 49.4 Å². The van der Waals surface area contributed by atoms with Crippen LogP contribution < -0.4 is 0 Å². The Morgan fingerprint density at radius 2 is 2.00 bits per heavy atom. The van der Waals surface area contributed by atoms with E-state index in [0.717, 1.165) is 30.9 Å². The zero-order valence-corrected chi connectivity index (χ0v) is 22.2. The van der Waals surface area contributed by atoms with Crippen LogP contribution in [-0.2, 0) is 14.2 Å². The van der Waals surface area contributed by atoms with E-state index in [2.05, 4.69) is 41.0 Å². The molecular weight excluding hydrogens is 562 g/mol. The van der Waals surface area contributed by atoms with E-state index < -0.39 is 36.7 Å². The van der Waals surface area contributed by atoms with Crippen LogP contribution in [0.3, 0.4) is 0 Å². The zero-order chi connectivity index (χ0) is 25.7. The van der Waals surface area contributed by atoms with Gasteiger partial charge < -0.3 is 19.3 Å². The van der Waals surface area contributed by atoms with Crippen molar-refractivity contribution in [2.24, 2.45) is 5.11 Å². The van der Waals surface area contributed by atoms with Crippen LogP contribution in [0, 0.1) is 13.8 Å². The van der Waals surface area contributed by atoms with Gasteiger partial charge in [-0.1, -0.05) is 35.4 Å². The molecule has 4 aromatic rings. The van der Waals surface area contributed by atoms with Gasteiger partial charge in [0.15, 0.2) is 12.1 Å².